The summed E-state index contributed by atoms with van der Waals surface area (Å²) in [6.07, 6.45) is 2.59. The van der Waals surface area contributed by atoms with Crippen LogP contribution in [0.3, 0.4) is 0 Å². The minimum absolute atomic E-state index is 0.243. The molecule has 0 aliphatic carbocycles. The van der Waals surface area contributed by atoms with Crippen LogP contribution in [0.5, 0.6) is 5.75 Å². The molecule has 3 rings (SSSR count). The summed E-state index contributed by atoms with van der Waals surface area (Å²) in [6, 6.07) is 14.1. The average molecular weight is 364 g/mol. The van der Waals surface area contributed by atoms with Gasteiger partial charge in [-0.1, -0.05) is 24.6 Å². The van der Waals surface area contributed by atoms with Crippen molar-refractivity contribution in [1.82, 2.24) is 0 Å². The molecule has 0 saturated carbocycles. The van der Waals surface area contributed by atoms with Crippen molar-refractivity contribution in [1.29, 1.82) is 0 Å². The molecular weight excluding hydrogens is 343 g/mol. The zero-order chi connectivity index (χ0) is 17.7. The van der Waals surface area contributed by atoms with Crippen molar-refractivity contribution in [2.45, 2.75) is 42.1 Å². The van der Waals surface area contributed by atoms with Crippen LogP contribution in [0.4, 0.5) is 4.39 Å². The first-order chi connectivity index (χ1) is 12.1. The van der Waals surface area contributed by atoms with Crippen molar-refractivity contribution in [3.8, 4) is 5.75 Å². The zero-order valence-electron chi connectivity index (χ0n) is 13.8. The van der Waals surface area contributed by atoms with E-state index in [9.17, 15) is 12.8 Å². The maximum atomic E-state index is 12.9. The summed E-state index contributed by atoms with van der Waals surface area (Å²) in [7, 11) is -3.53. The Balaban J connectivity index is 1.67. The van der Waals surface area contributed by atoms with Gasteiger partial charge in [-0.05, 0) is 55.7 Å². The van der Waals surface area contributed by atoms with Crippen molar-refractivity contribution in [2.75, 3.05) is 6.61 Å². The molecule has 2 atom stereocenters. The van der Waals surface area contributed by atoms with Crippen LogP contribution in [-0.2, 0) is 14.6 Å². The number of hydrogen-bond donors (Lipinski definition) is 0. The van der Waals surface area contributed by atoms with Crippen LogP contribution in [-0.4, -0.2) is 26.6 Å². The van der Waals surface area contributed by atoms with E-state index < -0.39 is 15.3 Å². The van der Waals surface area contributed by atoms with Gasteiger partial charge in [0, 0.05) is 0 Å². The Morgan fingerprint density at radius 3 is 2.40 bits per heavy atom. The quantitative estimate of drug-likeness (QED) is 0.806. The predicted molar refractivity (Wildman–Crippen MR) is 92.7 cm³/mol. The molecule has 0 N–H and O–H groups in total. The van der Waals surface area contributed by atoms with Crippen molar-refractivity contribution in [2.24, 2.45) is 0 Å². The Bertz CT molecular complexity index is 775. The summed E-state index contributed by atoms with van der Waals surface area (Å²) >= 11 is 0. The van der Waals surface area contributed by atoms with E-state index in [0.717, 1.165) is 19.3 Å². The lowest BCUT2D eigenvalue weighted by Crippen LogP contribution is -2.31. The number of sulfone groups is 1. The summed E-state index contributed by atoms with van der Waals surface area (Å²) in [5.74, 6) is 0.212. The molecule has 6 heteroatoms. The van der Waals surface area contributed by atoms with Crippen molar-refractivity contribution in [3.05, 3.63) is 60.4 Å². The minimum atomic E-state index is -3.53. The lowest BCUT2D eigenvalue weighted by Gasteiger charge is -2.22. The summed E-state index contributed by atoms with van der Waals surface area (Å²) in [4.78, 5) is 0.278. The van der Waals surface area contributed by atoms with E-state index in [1.165, 1.54) is 12.1 Å². The van der Waals surface area contributed by atoms with Gasteiger partial charge < -0.3 is 9.47 Å². The normalized spacial score (nSPS) is 21.5. The summed E-state index contributed by atoms with van der Waals surface area (Å²) in [5.41, 5.74) is -0.862. The minimum Gasteiger partial charge on any atom is -0.491 e. The molecule has 0 unspecified atom stereocenters. The van der Waals surface area contributed by atoms with Gasteiger partial charge in [-0.2, -0.15) is 0 Å². The third kappa shape index (κ3) is 4.58. The van der Waals surface area contributed by atoms with E-state index in [1.54, 1.807) is 42.5 Å². The van der Waals surface area contributed by atoms with Crippen LogP contribution >= 0.6 is 0 Å². The fraction of sp³-hybridized carbons (Fsp3) is 0.368. The highest BCUT2D eigenvalue weighted by molar-refractivity contribution is 7.91. The van der Waals surface area contributed by atoms with Crippen molar-refractivity contribution in [3.63, 3.8) is 0 Å². The Hall–Kier alpha value is -1.92. The largest absolute Gasteiger partial charge is 0.491 e. The van der Waals surface area contributed by atoms with Gasteiger partial charge in [-0.15, -0.1) is 0 Å². The van der Waals surface area contributed by atoms with Gasteiger partial charge in [-0.25, -0.2) is 12.8 Å². The van der Waals surface area contributed by atoms with Gasteiger partial charge in [0.15, 0.2) is 5.44 Å². The smallest absolute Gasteiger partial charge is 0.205 e. The first-order valence-electron chi connectivity index (χ1n) is 8.38. The van der Waals surface area contributed by atoms with Gasteiger partial charge in [-0.3, -0.25) is 0 Å². The topological polar surface area (TPSA) is 52.6 Å². The van der Waals surface area contributed by atoms with E-state index in [1.807, 2.05) is 0 Å². The van der Waals surface area contributed by atoms with Gasteiger partial charge in [0.05, 0.1) is 11.0 Å². The third-order valence-electron chi connectivity index (χ3n) is 4.23. The Labute approximate surface area is 147 Å². The van der Waals surface area contributed by atoms with Crippen molar-refractivity contribution >= 4 is 9.84 Å². The highest BCUT2D eigenvalue weighted by Gasteiger charge is 2.32. The van der Waals surface area contributed by atoms with E-state index >= 15 is 0 Å². The molecule has 0 radical (unpaired) electrons. The second kappa shape index (κ2) is 7.97. The highest BCUT2D eigenvalue weighted by atomic mass is 32.2. The maximum Gasteiger partial charge on any atom is 0.205 e. The monoisotopic (exact) mass is 364 g/mol. The van der Waals surface area contributed by atoms with Crippen LogP contribution in [0.25, 0.3) is 0 Å². The van der Waals surface area contributed by atoms with E-state index in [4.69, 9.17) is 9.47 Å². The molecule has 1 aliphatic heterocycles. The molecule has 1 fully saturated rings. The van der Waals surface area contributed by atoms with E-state index in [0.29, 0.717) is 12.2 Å². The third-order valence-corrected chi connectivity index (χ3v) is 6.20. The molecule has 2 aromatic rings. The molecule has 25 heavy (non-hydrogen) atoms. The molecule has 0 aromatic heterocycles. The van der Waals surface area contributed by atoms with Crippen LogP contribution in [0.1, 0.15) is 25.7 Å². The second-order valence-electron chi connectivity index (χ2n) is 6.10. The molecule has 0 spiro atoms. The van der Waals surface area contributed by atoms with Gasteiger partial charge in [0.25, 0.3) is 0 Å². The molecule has 0 amide bonds. The lowest BCUT2D eigenvalue weighted by atomic mass is 10.1. The predicted octanol–water partition coefficient (Wildman–Crippen LogP) is 3.96. The first kappa shape index (κ1) is 17.9. The number of hydrogen-bond acceptors (Lipinski definition) is 4. The van der Waals surface area contributed by atoms with Gasteiger partial charge in [0.1, 0.15) is 18.2 Å². The van der Waals surface area contributed by atoms with Crippen LogP contribution < -0.4 is 4.74 Å². The molecule has 134 valence electrons. The molecule has 4 nitrogen and oxygen atoms in total. The number of halogens is 1. The van der Waals surface area contributed by atoms with E-state index in [2.05, 4.69) is 0 Å². The Kier molecular flexibility index (Phi) is 5.71. The Morgan fingerprint density at radius 1 is 1.00 bits per heavy atom. The number of benzene rings is 2. The molecule has 0 bridgehead atoms. The highest BCUT2D eigenvalue weighted by Crippen LogP contribution is 2.27. The van der Waals surface area contributed by atoms with Crippen LogP contribution in [0.15, 0.2) is 59.5 Å². The molecule has 1 saturated heterocycles. The molecular formula is C19H21FO4S. The average Bonchev–Trinajstić information content (AvgIpc) is 2.88. The SMILES string of the molecule is O=S(=O)(c1ccccc1)[C@H]1CCCC[C@@H](COc2ccc(F)cc2)O1. The van der Waals surface area contributed by atoms with Crippen LogP contribution in [0.2, 0.25) is 0 Å². The van der Waals surface area contributed by atoms with Gasteiger partial charge >= 0.3 is 0 Å². The first-order valence-corrected chi connectivity index (χ1v) is 9.93. The molecule has 2 aromatic carbocycles. The summed E-state index contributed by atoms with van der Waals surface area (Å²) in [6.45, 7) is 0.243. The number of ether oxygens (including phenoxy) is 2. The Morgan fingerprint density at radius 2 is 1.68 bits per heavy atom. The summed E-state index contributed by atoms with van der Waals surface area (Å²) in [5, 5.41) is 0. The van der Waals surface area contributed by atoms with Crippen molar-refractivity contribution < 1.29 is 22.3 Å². The number of rotatable bonds is 5. The summed E-state index contributed by atoms with van der Waals surface area (Å²) < 4.78 is 50.0. The molecule has 1 heterocycles. The maximum absolute atomic E-state index is 12.9. The standard InChI is InChI=1S/C19H21FO4S/c20-15-10-12-16(13-11-15)23-14-17-6-4-5-9-19(24-17)25(21,22)18-7-2-1-3-8-18/h1-3,7-8,10-13,17,19H,4-6,9,14H2/t17-,19-/m0/s1. The lowest BCUT2D eigenvalue weighted by molar-refractivity contribution is 0.00492. The zero-order valence-corrected chi connectivity index (χ0v) is 14.6. The van der Waals surface area contributed by atoms with Gasteiger partial charge in [0.2, 0.25) is 9.84 Å². The van der Waals surface area contributed by atoms with Crippen LogP contribution in [0, 0.1) is 5.82 Å². The second-order valence-corrected chi connectivity index (χ2v) is 8.18. The van der Waals surface area contributed by atoms with E-state index in [-0.39, 0.29) is 23.4 Å². The fourth-order valence-corrected chi connectivity index (χ4v) is 4.49. The fourth-order valence-electron chi connectivity index (χ4n) is 2.87. The molecule has 1 aliphatic rings.